The first-order valence-electron chi connectivity index (χ1n) is 9.18. The van der Waals surface area contributed by atoms with Crippen LogP contribution in [-0.4, -0.2) is 30.4 Å². The normalized spacial score (nSPS) is 19.4. The summed E-state index contributed by atoms with van der Waals surface area (Å²) in [6.07, 6.45) is 6.04. The predicted molar refractivity (Wildman–Crippen MR) is 96.2 cm³/mol. The highest BCUT2D eigenvalue weighted by atomic mass is 16.1. The highest BCUT2D eigenvalue weighted by molar-refractivity contribution is 5.82. The number of primary amides is 1. The summed E-state index contributed by atoms with van der Waals surface area (Å²) < 4.78 is 0. The van der Waals surface area contributed by atoms with Gasteiger partial charge in [-0.1, -0.05) is 50.6 Å². The van der Waals surface area contributed by atoms with E-state index in [9.17, 15) is 4.79 Å². The molecule has 3 nitrogen and oxygen atoms in total. The minimum absolute atomic E-state index is 0.126. The smallest absolute Gasteiger partial charge is 0.225 e. The maximum atomic E-state index is 12.0. The van der Waals surface area contributed by atoms with Gasteiger partial charge in [0.1, 0.15) is 0 Å². The summed E-state index contributed by atoms with van der Waals surface area (Å²) in [4.78, 5) is 14.5. The van der Waals surface area contributed by atoms with Gasteiger partial charge in [-0.3, -0.25) is 4.79 Å². The van der Waals surface area contributed by atoms with E-state index in [1.54, 1.807) is 0 Å². The van der Waals surface area contributed by atoms with Gasteiger partial charge in [-0.05, 0) is 62.7 Å². The van der Waals surface area contributed by atoms with Gasteiger partial charge in [0.2, 0.25) is 5.91 Å². The number of hydrogen-bond donors (Lipinski definition) is 1. The van der Waals surface area contributed by atoms with Crippen molar-refractivity contribution in [2.75, 3.05) is 19.6 Å². The number of nitrogens with zero attached hydrogens (tertiary/aromatic N) is 1. The lowest BCUT2D eigenvalue weighted by molar-refractivity contribution is -0.121. The predicted octanol–water partition coefficient (Wildman–Crippen LogP) is 3.79. The lowest BCUT2D eigenvalue weighted by Gasteiger charge is -2.35. The van der Waals surface area contributed by atoms with E-state index in [0.29, 0.717) is 5.92 Å². The molecule has 0 saturated carbocycles. The quantitative estimate of drug-likeness (QED) is 0.793. The third kappa shape index (κ3) is 5.35. The molecule has 1 amide bonds. The number of piperidine rings is 1. The minimum Gasteiger partial charge on any atom is -0.369 e. The molecule has 0 spiro atoms. The van der Waals surface area contributed by atoms with Crippen molar-refractivity contribution in [3.8, 4) is 0 Å². The highest BCUT2D eigenvalue weighted by Crippen LogP contribution is 2.32. The summed E-state index contributed by atoms with van der Waals surface area (Å²) >= 11 is 0. The molecule has 1 aliphatic rings. The summed E-state index contributed by atoms with van der Waals surface area (Å²) in [5.74, 6) is 0.926. The lowest BCUT2D eigenvalue weighted by atomic mass is 9.79. The number of carbonyl (C=O) groups excluding carboxylic acids is 1. The van der Waals surface area contributed by atoms with E-state index in [4.69, 9.17) is 5.73 Å². The Morgan fingerprint density at radius 3 is 2.48 bits per heavy atom. The van der Waals surface area contributed by atoms with Crippen molar-refractivity contribution in [1.82, 2.24) is 4.90 Å². The van der Waals surface area contributed by atoms with Crippen LogP contribution in [-0.2, 0) is 4.79 Å². The molecule has 0 aliphatic carbocycles. The van der Waals surface area contributed by atoms with Crippen molar-refractivity contribution in [1.29, 1.82) is 0 Å². The van der Waals surface area contributed by atoms with E-state index in [-0.39, 0.29) is 11.8 Å². The lowest BCUT2D eigenvalue weighted by Crippen LogP contribution is -2.39. The van der Waals surface area contributed by atoms with Crippen LogP contribution in [0.15, 0.2) is 30.3 Å². The average Bonchev–Trinajstić information content (AvgIpc) is 2.57. The summed E-state index contributed by atoms with van der Waals surface area (Å²) in [7, 11) is 0. The molecule has 0 bridgehead atoms. The molecule has 2 atom stereocenters. The van der Waals surface area contributed by atoms with Crippen LogP contribution >= 0.6 is 0 Å². The zero-order valence-electron chi connectivity index (χ0n) is 14.7. The zero-order valence-corrected chi connectivity index (χ0v) is 14.7. The third-order valence-electron chi connectivity index (χ3n) is 5.44. The Bertz CT molecular complexity index is 466. The van der Waals surface area contributed by atoms with Gasteiger partial charge in [-0.25, -0.2) is 0 Å². The van der Waals surface area contributed by atoms with Gasteiger partial charge in [-0.15, -0.1) is 0 Å². The molecular weight excluding hydrogens is 284 g/mol. The fourth-order valence-corrected chi connectivity index (χ4v) is 3.71. The topological polar surface area (TPSA) is 46.3 Å². The van der Waals surface area contributed by atoms with Gasteiger partial charge >= 0.3 is 0 Å². The Morgan fingerprint density at radius 2 is 1.91 bits per heavy atom. The first-order valence-corrected chi connectivity index (χ1v) is 9.18. The molecule has 1 aromatic carbocycles. The zero-order chi connectivity index (χ0) is 16.7. The second kappa shape index (κ2) is 9.07. The Balaban J connectivity index is 1.84. The maximum absolute atomic E-state index is 12.0. The van der Waals surface area contributed by atoms with Crippen molar-refractivity contribution < 1.29 is 4.79 Å². The second-order valence-electron chi connectivity index (χ2n) is 7.13. The van der Waals surface area contributed by atoms with Crippen LogP contribution in [0.2, 0.25) is 0 Å². The van der Waals surface area contributed by atoms with E-state index < -0.39 is 0 Å². The fraction of sp³-hybridized carbons (Fsp3) is 0.650. The standard InChI is InChI=1S/C20H32N2O/c1-3-16(2)8-7-13-22-14-11-18(12-15-22)19(20(21)23)17-9-5-4-6-10-17/h4-6,9-10,16,18-19H,3,7-8,11-15H2,1-2H3,(H2,21,23)/t16-,19?/m0/s1. The SMILES string of the molecule is CC[C@H](C)CCCN1CCC(C(C(N)=O)c2ccccc2)CC1. The van der Waals surface area contributed by atoms with Gasteiger partial charge in [0, 0.05) is 0 Å². The number of benzene rings is 1. The molecule has 1 aromatic rings. The Morgan fingerprint density at radius 1 is 1.26 bits per heavy atom. The van der Waals surface area contributed by atoms with E-state index in [1.807, 2.05) is 30.3 Å². The number of rotatable bonds is 8. The molecule has 128 valence electrons. The second-order valence-corrected chi connectivity index (χ2v) is 7.13. The first-order chi connectivity index (χ1) is 11.1. The van der Waals surface area contributed by atoms with Crippen LogP contribution in [0.3, 0.4) is 0 Å². The van der Waals surface area contributed by atoms with Crippen molar-refractivity contribution in [3.05, 3.63) is 35.9 Å². The fourth-order valence-electron chi connectivity index (χ4n) is 3.71. The minimum atomic E-state index is -0.175. The number of amides is 1. The Kier molecular flexibility index (Phi) is 7.10. The van der Waals surface area contributed by atoms with Crippen LogP contribution in [0.4, 0.5) is 0 Å². The van der Waals surface area contributed by atoms with E-state index in [1.165, 1.54) is 25.8 Å². The van der Waals surface area contributed by atoms with Crippen LogP contribution < -0.4 is 5.73 Å². The Hall–Kier alpha value is -1.35. The molecule has 23 heavy (non-hydrogen) atoms. The molecule has 1 unspecified atom stereocenters. The molecule has 1 saturated heterocycles. The highest BCUT2D eigenvalue weighted by Gasteiger charge is 2.31. The third-order valence-corrected chi connectivity index (χ3v) is 5.44. The van der Waals surface area contributed by atoms with Crippen molar-refractivity contribution in [3.63, 3.8) is 0 Å². The maximum Gasteiger partial charge on any atom is 0.225 e. The molecule has 2 rings (SSSR count). The number of hydrogen-bond acceptors (Lipinski definition) is 2. The number of carbonyl (C=O) groups is 1. The summed E-state index contributed by atoms with van der Waals surface area (Å²) in [5, 5.41) is 0. The number of likely N-dealkylation sites (tertiary alicyclic amines) is 1. The van der Waals surface area contributed by atoms with Crippen molar-refractivity contribution in [2.24, 2.45) is 17.6 Å². The molecular formula is C20H32N2O. The van der Waals surface area contributed by atoms with Crippen LogP contribution in [0, 0.1) is 11.8 Å². The van der Waals surface area contributed by atoms with E-state index >= 15 is 0 Å². The van der Waals surface area contributed by atoms with Crippen molar-refractivity contribution in [2.45, 2.75) is 51.9 Å². The van der Waals surface area contributed by atoms with Crippen LogP contribution in [0.25, 0.3) is 0 Å². The first kappa shape index (κ1) is 18.0. The van der Waals surface area contributed by atoms with E-state index in [0.717, 1.165) is 37.4 Å². The number of nitrogens with two attached hydrogens (primary N) is 1. The van der Waals surface area contributed by atoms with E-state index in [2.05, 4.69) is 18.7 Å². The average molecular weight is 316 g/mol. The monoisotopic (exact) mass is 316 g/mol. The Labute approximate surface area is 141 Å². The van der Waals surface area contributed by atoms with Gasteiger partial charge in [0.15, 0.2) is 0 Å². The molecule has 3 heteroatoms. The van der Waals surface area contributed by atoms with Gasteiger partial charge in [-0.2, -0.15) is 0 Å². The molecule has 1 aliphatic heterocycles. The van der Waals surface area contributed by atoms with Gasteiger partial charge in [0.25, 0.3) is 0 Å². The largest absolute Gasteiger partial charge is 0.369 e. The summed E-state index contributed by atoms with van der Waals surface area (Å²) in [6, 6.07) is 10.0. The molecule has 2 N–H and O–H groups in total. The molecule has 0 aromatic heterocycles. The van der Waals surface area contributed by atoms with Crippen molar-refractivity contribution >= 4 is 5.91 Å². The summed E-state index contributed by atoms with van der Waals surface area (Å²) in [5.41, 5.74) is 6.79. The molecule has 1 heterocycles. The molecule has 1 fully saturated rings. The van der Waals surface area contributed by atoms with Gasteiger partial charge in [0.05, 0.1) is 5.92 Å². The van der Waals surface area contributed by atoms with Crippen LogP contribution in [0.1, 0.15) is 57.4 Å². The molecule has 0 radical (unpaired) electrons. The summed E-state index contributed by atoms with van der Waals surface area (Å²) in [6.45, 7) is 8.00. The van der Waals surface area contributed by atoms with Gasteiger partial charge < -0.3 is 10.6 Å². The van der Waals surface area contributed by atoms with Crippen LogP contribution in [0.5, 0.6) is 0 Å².